The molecule has 2 aromatic carbocycles. The highest BCUT2D eigenvalue weighted by Crippen LogP contribution is 2.23. The third-order valence-corrected chi connectivity index (χ3v) is 5.43. The molecule has 2 rings (SSSR count). The van der Waals surface area contributed by atoms with E-state index in [1.165, 1.54) is 0 Å². The average molecular weight is 425 g/mol. The van der Waals surface area contributed by atoms with Crippen molar-refractivity contribution in [3.63, 3.8) is 0 Å². The Hall–Kier alpha value is -2.25. The van der Waals surface area contributed by atoms with E-state index in [-0.39, 0.29) is 12.6 Å². The Morgan fingerprint density at radius 1 is 1.07 bits per heavy atom. The normalized spacial score (nSPS) is 12.5. The molecule has 0 aliphatic carbocycles. The fourth-order valence-corrected chi connectivity index (χ4v) is 3.99. The third-order valence-electron chi connectivity index (χ3n) is 3.93. The molecule has 28 heavy (non-hydrogen) atoms. The molecule has 6 nitrogen and oxygen atoms in total. The topological polar surface area (TPSA) is 75.7 Å². The molecule has 0 bridgehead atoms. The van der Waals surface area contributed by atoms with Crippen molar-refractivity contribution >= 4 is 33.2 Å². The van der Waals surface area contributed by atoms with Crippen molar-refractivity contribution in [3.05, 3.63) is 59.1 Å². The van der Waals surface area contributed by atoms with Crippen LogP contribution in [0.15, 0.2) is 48.5 Å². The summed E-state index contributed by atoms with van der Waals surface area (Å²) in [4.78, 5) is 12.6. The molecule has 1 atom stereocenters. The second-order valence-corrected chi connectivity index (χ2v) is 9.04. The molecule has 0 fully saturated rings. The van der Waals surface area contributed by atoms with Gasteiger partial charge in [0, 0.05) is 11.6 Å². The van der Waals surface area contributed by atoms with Gasteiger partial charge >= 0.3 is 0 Å². The predicted molar refractivity (Wildman–Crippen MR) is 112 cm³/mol. The third kappa shape index (κ3) is 6.14. The number of ether oxygens (including phenoxy) is 1. The number of anilines is 1. The van der Waals surface area contributed by atoms with E-state index in [2.05, 4.69) is 5.32 Å². The molecule has 2 aromatic rings. The van der Waals surface area contributed by atoms with Gasteiger partial charge in [-0.3, -0.25) is 9.10 Å². The van der Waals surface area contributed by atoms with Crippen molar-refractivity contribution in [3.8, 4) is 5.75 Å². The molecule has 1 unspecified atom stereocenters. The first-order valence-corrected chi connectivity index (χ1v) is 11.1. The maximum Gasteiger partial charge on any atom is 0.243 e. The molecule has 0 spiro atoms. The van der Waals surface area contributed by atoms with Crippen molar-refractivity contribution in [1.29, 1.82) is 0 Å². The van der Waals surface area contributed by atoms with Crippen LogP contribution in [0, 0.1) is 0 Å². The number of carbonyl (C=O) groups excluding carboxylic acids is 1. The number of sulfonamides is 1. The van der Waals surface area contributed by atoms with Gasteiger partial charge in [-0.05, 0) is 62.7 Å². The minimum absolute atomic E-state index is 0.0845. The average Bonchev–Trinajstić information content (AvgIpc) is 2.61. The molecule has 0 saturated carbocycles. The first-order valence-electron chi connectivity index (χ1n) is 8.86. The Bertz CT molecular complexity index is 897. The van der Waals surface area contributed by atoms with Crippen LogP contribution in [0.1, 0.15) is 26.3 Å². The summed E-state index contributed by atoms with van der Waals surface area (Å²) in [6.07, 6.45) is 1.15. The van der Waals surface area contributed by atoms with Crippen molar-refractivity contribution in [2.75, 3.05) is 10.6 Å². The van der Waals surface area contributed by atoms with Crippen molar-refractivity contribution in [1.82, 2.24) is 5.32 Å². The molecule has 1 N–H and O–H groups in total. The van der Waals surface area contributed by atoms with Crippen LogP contribution in [0.5, 0.6) is 5.75 Å². The second kappa shape index (κ2) is 9.30. The zero-order valence-electron chi connectivity index (χ0n) is 16.3. The fraction of sp³-hybridized carbons (Fsp3) is 0.350. The Labute approximate surface area is 171 Å². The Morgan fingerprint density at radius 2 is 1.64 bits per heavy atom. The van der Waals surface area contributed by atoms with E-state index in [1.54, 1.807) is 31.2 Å². The minimum atomic E-state index is -3.66. The van der Waals surface area contributed by atoms with Crippen molar-refractivity contribution in [2.24, 2.45) is 0 Å². The van der Waals surface area contributed by atoms with Gasteiger partial charge in [0.1, 0.15) is 11.8 Å². The van der Waals surface area contributed by atoms with Crippen LogP contribution in [0.2, 0.25) is 5.02 Å². The van der Waals surface area contributed by atoms with E-state index < -0.39 is 22.0 Å². The molecule has 8 heteroatoms. The van der Waals surface area contributed by atoms with Crippen molar-refractivity contribution in [2.45, 2.75) is 39.5 Å². The lowest BCUT2D eigenvalue weighted by molar-refractivity contribution is -0.122. The summed E-state index contributed by atoms with van der Waals surface area (Å²) >= 11 is 5.87. The summed E-state index contributed by atoms with van der Waals surface area (Å²) in [6.45, 7) is 5.72. The molecule has 0 aliphatic heterocycles. The van der Waals surface area contributed by atoms with E-state index in [0.29, 0.717) is 10.7 Å². The summed E-state index contributed by atoms with van der Waals surface area (Å²) in [7, 11) is -3.66. The van der Waals surface area contributed by atoms with Gasteiger partial charge in [0.15, 0.2) is 0 Å². The van der Waals surface area contributed by atoms with Gasteiger partial charge in [0.25, 0.3) is 0 Å². The van der Waals surface area contributed by atoms with Gasteiger partial charge in [-0.15, -0.1) is 0 Å². The number of benzene rings is 2. The summed E-state index contributed by atoms with van der Waals surface area (Å²) in [5.74, 6) is 0.354. The molecular weight excluding hydrogens is 400 g/mol. The number of amides is 1. The molecular formula is C20H25ClN2O4S. The lowest BCUT2D eigenvalue weighted by Crippen LogP contribution is -2.47. The van der Waals surface area contributed by atoms with Crippen LogP contribution in [0.3, 0.4) is 0 Å². The number of carbonyl (C=O) groups is 1. The van der Waals surface area contributed by atoms with Gasteiger partial charge in [0.2, 0.25) is 15.9 Å². The summed E-state index contributed by atoms with van der Waals surface area (Å²) in [5.41, 5.74) is 1.26. The van der Waals surface area contributed by atoms with Gasteiger partial charge in [-0.1, -0.05) is 23.7 Å². The lowest BCUT2D eigenvalue weighted by Gasteiger charge is -2.28. The number of halogens is 1. The van der Waals surface area contributed by atoms with Crippen LogP contribution < -0.4 is 14.4 Å². The lowest BCUT2D eigenvalue weighted by atomic mass is 10.2. The van der Waals surface area contributed by atoms with Gasteiger partial charge in [-0.2, -0.15) is 0 Å². The van der Waals surface area contributed by atoms with E-state index in [0.717, 1.165) is 21.9 Å². The molecule has 0 radical (unpaired) electrons. The molecule has 0 saturated heterocycles. The van der Waals surface area contributed by atoms with E-state index in [1.807, 2.05) is 38.1 Å². The summed E-state index contributed by atoms with van der Waals surface area (Å²) < 4.78 is 31.2. The monoisotopic (exact) mass is 424 g/mol. The Morgan fingerprint density at radius 3 is 2.14 bits per heavy atom. The quantitative estimate of drug-likeness (QED) is 0.702. The zero-order chi connectivity index (χ0) is 20.9. The molecule has 0 aromatic heterocycles. The zero-order valence-corrected chi connectivity index (χ0v) is 17.9. The fourth-order valence-electron chi connectivity index (χ4n) is 2.69. The van der Waals surface area contributed by atoms with Crippen LogP contribution in [-0.2, 0) is 21.4 Å². The van der Waals surface area contributed by atoms with Gasteiger partial charge in [-0.25, -0.2) is 8.42 Å². The van der Waals surface area contributed by atoms with Crippen LogP contribution in [0.4, 0.5) is 5.69 Å². The van der Waals surface area contributed by atoms with E-state index in [9.17, 15) is 13.2 Å². The highest BCUT2D eigenvalue weighted by Gasteiger charge is 2.28. The minimum Gasteiger partial charge on any atom is -0.491 e. The number of nitrogens with zero attached hydrogens (tertiary/aromatic N) is 1. The molecule has 152 valence electrons. The van der Waals surface area contributed by atoms with Crippen LogP contribution in [0.25, 0.3) is 0 Å². The van der Waals surface area contributed by atoms with Crippen LogP contribution >= 0.6 is 11.6 Å². The van der Waals surface area contributed by atoms with Gasteiger partial charge < -0.3 is 10.1 Å². The number of nitrogens with one attached hydrogen (secondary N) is 1. The summed E-state index contributed by atoms with van der Waals surface area (Å²) in [6, 6.07) is 12.8. The number of hydrogen-bond donors (Lipinski definition) is 1. The van der Waals surface area contributed by atoms with E-state index >= 15 is 0 Å². The maximum atomic E-state index is 12.6. The first-order chi connectivity index (χ1) is 13.1. The Kier molecular flexibility index (Phi) is 7.32. The smallest absolute Gasteiger partial charge is 0.243 e. The first kappa shape index (κ1) is 22.0. The predicted octanol–water partition coefficient (Wildman–Crippen LogP) is 3.60. The molecule has 0 aliphatic rings. The Balaban J connectivity index is 2.07. The highest BCUT2D eigenvalue weighted by molar-refractivity contribution is 7.92. The SMILES string of the molecule is CC(C)Oc1ccc(CNC(=O)C(C)N(c2ccc(Cl)cc2)S(C)(=O)=O)cc1. The highest BCUT2D eigenvalue weighted by atomic mass is 35.5. The number of hydrogen-bond acceptors (Lipinski definition) is 4. The van der Waals surface area contributed by atoms with Gasteiger partial charge in [0.05, 0.1) is 18.0 Å². The van der Waals surface area contributed by atoms with Crippen LogP contribution in [-0.4, -0.2) is 32.7 Å². The van der Waals surface area contributed by atoms with Crippen molar-refractivity contribution < 1.29 is 17.9 Å². The van der Waals surface area contributed by atoms with E-state index in [4.69, 9.17) is 16.3 Å². The second-order valence-electron chi connectivity index (χ2n) is 6.74. The number of rotatable bonds is 8. The summed E-state index contributed by atoms with van der Waals surface area (Å²) in [5, 5.41) is 3.27. The molecule has 0 heterocycles. The largest absolute Gasteiger partial charge is 0.491 e. The maximum absolute atomic E-state index is 12.6. The standard InChI is InChI=1S/C20H25ClN2O4S/c1-14(2)27-19-11-5-16(6-12-19)13-22-20(24)15(3)23(28(4,25)26)18-9-7-17(21)8-10-18/h5-12,14-15H,13H2,1-4H3,(H,22,24). The molecule has 1 amide bonds.